The van der Waals surface area contributed by atoms with Crippen molar-refractivity contribution in [1.82, 2.24) is 0 Å². The van der Waals surface area contributed by atoms with Crippen molar-refractivity contribution >= 4 is 35.8 Å². The summed E-state index contributed by atoms with van der Waals surface area (Å²) in [5, 5.41) is 28.7. The number of methoxy groups -OCH3 is 1. The molecule has 0 saturated carbocycles. The summed E-state index contributed by atoms with van der Waals surface area (Å²) in [4.78, 5) is 58.5. The van der Waals surface area contributed by atoms with Gasteiger partial charge in [-0.25, -0.2) is 14.4 Å². The minimum absolute atomic E-state index is 0.132. The first-order valence-electron chi connectivity index (χ1n) is 20.9. The summed E-state index contributed by atoms with van der Waals surface area (Å²) in [5.41, 5.74) is 0. The van der Waals surface area contributed by atoms with Gasteiger partial charge in [-0.1, -0.05) is 40.5 Å². The molecule has 0 heterocycles. The van der Waals surface area contributed by atoms with Crippen molar-refractivity contribution in [3.63, 3.8) is 0 Å². The van der Waals surface area contributed by atoms with Crippen LogP contribution in [0.15, 0.2) is 0 Å². The van der Waals surface area contributed by atoms with Gasteiger partial charge in [-0.15, -0.1) is 0 Å². The molecule has 0 bridgehead atoms. The smallest absolute Gasteiger partial charge is 0.354 e. The molecule has 0 N–H and O–H groups in total. The van der Waals surface area contributed by atoms with Crippen LogP contribution in [0, 0.1) is 0 Å². The first-order valence-corrected chi connectivity index (χ1v) is 20.9. The van der Waals surface area contributed by atoms with Gasteiger partial charge >= 0.3 is 17.9 Å². The molecule has 0 spiro atoms. The quantitative estimate of drug-likeness (QED) is 0.0573. The van der Waals surface area contributed by atoms with Crippen molar-refractivity contribution in [3.05, 3.63) is 0 Å². The lowest BCUT2D eigenvalue weighted by Crippen LogP contribution is -2.48. The number of hydrogen-bond donors (Lipinski definition) is 0. The number of aliphatic carboxylic acids is 3. The van der Waals surface area contributed by atoms with Crippen LogP contribution in [0.2, 0.25) is 0 Å². The Bertz CT molecular complexity index is 947. The number of quaternary nitrogens is 3. The molecule has 0 amide bonds. The summed E-state index contributed by atoms with van der Waals surface area (Å²) in [6.45, 7) is 47.0. The lowest BCUT2D eigenvalue weighted by molar-refractivity contribution is -0.923. The van der Waals surface area contributed by atoms with Crippen LogP contribution in [-0.2, 0) is 43.0 Å². The van der Waals surface area contributed by atoms with E-state index < -0.39 is 35.8 Å². The highest BCUT2D eigenvalue weighted by atomic mass is 16.6. The average molecular weight is 812 g/mol. The third kappa shape index (κ3) is 36.3. The number of esters is 3. The Morgan fingerprint density at radius 3 is 0.857 bits per heavy atom. The zero-order valence-electron chi connectivity index (χ0n) is 38.4. The fraction of sp³-hybridized carbons (Fsp3) is 0.854. The second-order valence-corrected chi connectivity index (χ2v) is 13.0. The van der Waals surface area contributed by atoms with Crippen molar-refractivity contribution in [1.29, 1.82) is 0 Å². The largest absolute Gasteiger partial charge is 0.539 e. The number of carbonyl (C=O) groups is 6. The van der Waals surface area contributed by atoms with Crippen LogP contribution < -0.4 is 15.3 Å². The van der Waals surface area contributed by atoms with Crippen LogP contribution in [0.3, 0.4) is 0 Å². The molecular formula is C41H85N3O12. The Balaban J connectivity index is -0.000000135. The average Bonchev–Trinajstić information content (AvgIpc) is 3.21. The van der Waals surface area contributed by atoms with E-state index in [9.17, 15) is 44.1 Å². The molecular weight excluding hydrogens is 726 g/mol. The van der Waals surface area contributed by atoms with Gasteiger partial charge in [0.15, 0.2) is 17.9 Å². The van der Waals surface area contributed by atoms with Gasteiger partial charge < -0.3 is 57.4 Å². The second kappa shape index (κ2) is 42.8. The molecule has 0 aromatic heterocycles. The summed E-state index contributed by atoms with van der Waals surface area (Å²) < 4.78 is 16.0. The van der Waals surface area contributed by atoms with E-state index in [1.807, 2.05) is 6.92 Å². The van der Waals surface area contributed by atoms with Crippen LogP contribution >= 0.6 is 0 Å². The molecule has 56 heavy (non-hydrogen) atoms. The van der Waals surface area contributed by atoms with Gasteiger partial charge in [0.25, 0.3) is 0 Å². The van der Waals surface area contributed by atoms with Gasteiger partial charge in [-0.2, -0.15) is 0 Å². The fourth-order valence-corrected chi connectivity index (χ4v) is 5.30. The Labute approximate surface area is 341 Å². The van der Waals surface area contributed by atoms with E-state index in [4.69, 9.17) is 0 Å². The van der Waals surface area contributed by atoms with E-state index in [1.54, 1.807) is 6.92 Å². The lowest BCUT2D eigenvalue weighted by Gasteiger charge is -2.35. The van der Waals surface area contributed by atoms with Crippen LogP contribution in [0.5, 0.6) is 0 Å². The van der Waals surface area contributed by atoms with E-state index in [1.165, 1.54) is 111 Å². The summed E-state index contributed by atoms with van der Waals surface area (Å²) in [7, 11) is 0.970. The van der Waals surface area contributed by atoms with Crippen molar-refractivity contribution in [3.8, 4) is 0 Å². The van der Waals surface area contributed by atoms with E-state index >= 15 is 0 Å². The maximum atomic E-state index is 10.1. The van der Waals surface area contributed by atoms with Gasteiger partial charge in [0, 0.05) is 0 Å². The Morgan fingerprint density at radius 1 is 0.375 bits per heavy atom. The minimum Gasteiger partial charge on any atom is -0.539 e. The van der Waals surface area contributed by atoms with Crippen molar-refractivity contribution < 1.29 is 71.7 Å². The van der Waals surface area contributed by atoms with Gasteiger partial charge in [-0.05, 0) is 94.9 Å². The van der Waals surface area contributed by atoms with Crippen LogP contribution in [0.25, 0.3) is 0 Å². The van der Waals surface area contributed by atoms with Gasteiger partial charge in [-0.3, -0.25) is 0 Å². The fourth-order valence-electron chi connectivity index (χ4n) is 5.30. The monoisotopic (exact) mass is 812 g/mol. The number of carboxylic acids is 3. The summed E-state index contributed by atoms with van der Waals surface area (Å²) in [5.74, 6) is -9.31. The third-order valence-corrected chi connectivity index (χ3v) is 10.2. The molecule has 0 aromatic carbocycles. The molecule has 0 aliphatic rings. The number of unbranched alkanes of at least 4 members (excludes halogenated alkanes) is 2. The van der Waals surface area contributed by atoms with Crippen molar-refractivity contribution in [2.24, 2.45) is 0 Å². The van der Waals surface area contributed by atoms with E-state index in [0.717, 1.165) is 13.5 Å². The number of rotatable bonds is 20. The molecule has 0 aromatic rings. The molecule has 0 rings (SSSR count). The highest BCUT2D eigenvalue weighted by Crippen LogP contribution is 2.08. The first-order chi connectivity index (χ1) is 26.3. The van der Waals surface area contributed by atoms with E-state index in [-0.39, 0.29) is 13.2 Å². The Morgan fingerprint density at radius 2 is 0.679 bits per heavy atom. The highest BCUT2D eigenvalue weighted by Gasteiger charge is 2.19. The van der Waals surface area contributed by atoms with E-state index in [0.29, 0.717) is 12.8 Å². The summed E-state index contributed by atoms with van der Waals surface area (Å²) >= 11 is 0. The number of nitrogens with zero attached hydrogens (tertiary/aromatic N) is 3. The molecule has 336 valence electrons. The maximum Gasteiger partial charge on any atom is 0.354 e. The van der Waals surface area contributed by atoms with Crippen LogP contribution in [0.4, 0.5) is 0 Å². The molecule has 0 radical (unpaired) electrons. The second-order valence-electron chi connectivity index (χ2n) is 13.0. The van der Waals surface area contributed by atoms with Crippen LogP contribution in [0.1, 0.15) is 135 Å². The topological polar surface area (TPSA) is 199 Å². The lowest BCUT2D eigenvalue weighted by atomic mass is 10.2. The number of hydrogen-bond acceptors (Lipinski definition) is 12. The van der Waals surface area contributed by atoms with Crippen LogP contribution in [-0.4, -0.2) is 148 Å². The van der Waals surface area contributed by atoms with E-state index in [2.05, 4.69) is 97.3 Å². The van der Waals surface area contributed by atoms with Crippen molar-refractivity contribution in [2.45, 2.75) is 135 Å². The zero-order chi connectivity index (χ0) is 45.2. The number of ether oxygens (including phenoxy) is 3. The zero-order valence-corrected chi connectivity index (χ0v) is 38.4. The standard InChI is InChI=1S/C10H24N.C9H22N.C8H20N.C6H10O4.C5H8O4.C3H4O4/c1-5-9-10-11(6-2,7-3)8-4;1-5-9-10(6-2,7-3)8-4;1-5-9(6-2,7-3)8-4;1-2-3-4-10-6(9)5(7)8;1-2-3-9-5(8)4(6)7;1-7-3(6)2(4)5/h5-10H2,1-4H3;5-9H2,1-4H3;5-8H2,1-4H3;2-4H2,1H3,(H,7,8);2-3H2,1H3,(H,6,7);1H3,(H,4,5)/q3*+1;;;/p-3. The van der Waals surface area contributed by atoms with Gasteiger partial charge in [0.1, 0.15) is 0 Å². The highest BCUT2D eigenvalue weighted by molar-refractivity contribution is 6.28. The Kier molecular flexibility index (Phi) is 49.4. The normalized spacial score (nSPS) is 10.3. The maximum absolute atomic E-state index is 10.1. The molecule has 0 fully saturated rings. The molecule has 0 saturated heterocycles. The molecule has 0 unspecified atom stereocenters. The number of carboxylic acid groups (broad SMARTS) is 3. The first kappa shape index (κ1) is 64.6. The molecule has 0 atom stereocenters. The minimum atomic E-state index is -1.82. The Hall–Kier alpha value is -3.30. The molecule has 15 heteroatoms. The number of carbonyl (C=O) groups excluding carboxylic acids is 6. The van der Waals surface area contributed by atoms with Gasteiger partial charge in [0.05, 0.1) is 98.9 Å². The molecule has 15 nitrogen and oxygen atoms in total. The predicted molar refractivity (Wildman–Crippen MR) is 215 cm³/mol. The summed E-state index contributed by atoms with van der Waals surface area (Å²) in [6.07, 6.45) is 6.18. The molecule has 0 aliphatic carbocycles. The SMILES string of the molecule is CCCCOC(=O)C(=O)[O-].CCCC[N+](CC)(CC)CC.CCCOC(=O)C(=O)[O-].CCC[N+](CC)(CC)CC.CC[N+](CC)(CC)CC.COC(=O)C(=O)[O-]. The third-order valence-electron chi connectivity index (χ3n) is 10.2. The molecule has 0 aliphatic heterocycles. The van der Waals surface area contributed by atoms with Gasteiger partial charge in [0.2, 0.25) is 0 Å². The summed E-state index contributed by atoms with van der Waals surface area (Å²) in [6, 6.07) is 0. The predicted octanol–water partition coefficient (Wildman–Crippen LogP) is 2.50. The van der Waals surface area contributed by atoms with Crippen molar-refractivity contribution in [2.75, 3.05) is 98.9 Å².